The van der Waals surface area contributed by atoms with E-state index in [0.29, 0.717) is 24.9 Å². The number of amides is 3. The van der Waals surface area contributed by atoms with Crippen molar-refractivity contribution in [1.82, 2.24) is 20.9 Å². The van der Waals surface area contributed by atoms with Crippen LogP contribution in [0.25, 0.3) is 10.9 Å². The van der Waals surface area contributed by atoms with Gasteiger partial charge in [0, 0.05) is 23.5 Å². The molecule has 13 heteroatoms. The maximum Gasteiger partial charge on any atom is 0.326 e. The largest absolute Gasteiger partial charge is 0.481 e. The number of carboxylic acids is 2. The van der Waals surface area contributed by atoms with Crippen molar-refractivity contribution in [2.75, 3.05) is 13.1 Å². The highest BCUT2D eigenvalue weighted by atomic mass is 16.4. The van der Waals surface area contributed by atoms with Crippen molar-refractivity contribution in [3.05, 3.63) is 36.0 Å². The summed E-state index contributed by atoms with van der Waals surface area (Å²) >= 11 is 0. The molecule has 0 aliphatic rings. The first-order chi connectivity index (χ1) is 17.2. The normalized spacial score (nSPS) is 13.4. The molecule has 0 aliphatic carbocycles. The lowest BCUT2D eigenvalue weighted by molar-refractivity contribution is -0.147. The smallest absolute Gasteiger partial charge is 0.326 e. The molecule has 13 nitrogen and oxygen atoms in total. The van der Waals surface area contributed by atoms with E-state index in [-0.39, 0.29) is 19.4 Å². The van der Waals surface area contributed by atoms with Crippen LogP contribution in [0.4, 0.5) is 0 Å². The first-order valence-electron chi connectivity index (χ1n) is 11.5. The first kappa shape index (κ1) is 28.3. The molecule has 1 aromatic heterocycles. The Kier molecular flexibility index (Phi) is 10.8. The number of aromatic nitrogens is 1. The fraction of sp³-hybridized carbons (Fsp3) is 0.435. The quantitative estimate of drug-likeness (QED) is 0.136. The van der Waals surface area contributed by atoms with Gasteiger partial charge in [0.15, 0.2) is 0 Å². The zero-order valence-corrected chi connectivity index (χ0v) is 19.7. The van der Waals surface area contributed by atoms with Crippen LogP contribution >= 0.6 is 0 Å². The fourth-order valence-electron chi connectivity index (χ4n) is 3.66. The van der Waals surface area contributed by atoms with E-state index in [4.69, 9.17) is 16.6 Å². The van der Waals surface area contributed by atoms with Gasteiger partial charge < -0.3 is 42.6 Å². The number of benzene rings is 1. The summed E-state index contributed by atoms with van der Waals surface area (Å²) in [5.41, 5.74) is 12.3. The summed E-state index contributed by atoms with van der Waals surface area (Å²) in [6.07, 6.45) is 2.17. The molecule has 3 atom stereocenters. The Balaban J connectivity index is 2.30. The molecule has 2 aromatic rings. The zero-order chi connectivity index (χ0) is 26.7. The van der Waals surface area contributed by atoms with Crippen molar-refractivity contribution in [3.63, 3.8) is 0 Å². The Bertz CT molecular complexity index is 1090. The predicted molar refractivity (Wildman–Crippen MR) is 130 cm³/mol. The fourth-order valence-corrected chi connectivity index (χ4v) is 3.66. The van der Waals surface area contributed by atoms with Gasteiger partial charge in [0.1, 0.15) is 18.1 Å². The van der Waals surface area contributed by atoms with Gasteiger partial charge in [-0.1, -0.05) is 18.2 Å². The number of nitrogens with two attached hydrogens (primary N) is 2. The minimum absolute atomic E-state index is 0.0264. The average molecular weight is 505 g/mol. The van der Waals surface area contributed by atoms with Crippen LogP contribution in [0.3, 0.4) is 0 Å². The number of aliphatic carboxylic acids is 2. The molecule has 1 heterocycles. The highest BCUT2D eigenvalue weighted by Gasteiger charge is 2.31. The third-order valence-electron chi connectivity index (χ3n) is 5.51. The molecule has 10 N–H and O–H groups in total. The van der Waals surface area contributed by atoms with Crippen LogP contribution in [0.15, 0.2) is 30.5 Å². The SMILES string of the molecule is NCCCCC(NC(=O)CN)C(=O)NC(Cc1c[nH]c2ccccc12)C(=O)NC(CC(=O)O)C(=O)O. The number of carbonyl (C=O) groups is 5. The van der Waals surface area contributed by atoms with Crippen molar-refractivity contribution in [1.29, 1.82) is 0 Å². The van der Waals surface area contributed by atoms with E-state index in [1.807, 2.05) is 18.2 Å². The summed E-state index contributed by atoms with van der Waals surface area (Å²) in [4.78, 5) is 63.6. The average Bonchev–Trinajstić information content (AvgIpc) is 3.24. The number of fused-ring (bicyclic) bond motifs is 1. The van der Waals surface area contributed by atoms with Gasteiger partial charge in [0.2, 0.25) is 17.7 Å². The Morgan fingerprint density at radius 3 is 2.19 bits per heavy atom. The summed E-state index contributed by atoms with van der Waals surface area (Å²) in [6, 6.07) is 3.31. The Hall–Kier alpha value is -3.97. The third kappa shape index (κ3) is 8.36. The molecule has 1 aromatic carbocycles. The standard InChI is InChI=1S/C23H32N6O7/c24-8-4-3-7-16(27-19(30)11-25)21(33)28-17(22(34)29-18(23(35)36)10-20(31)32)9-13-12-26-15-6-2-1-5-14(13)15/h1-2,5-6,12,16-18,26H,3-4,7-11,24-25H2,(H,27,30)(H,28,33)(H,29,34)(H,31,32)(H,35,36). The number of carboxylic acid groups (broad SMARTS) is 2. The molecule has 3 unspecified atom stereocenters. The lowest BCUT2D eigenvalue weighted by atomic mass is 10.0. The zero-order valence-electron chi connectivity index (χ0n) is 19.7. The molecular formula is C23H32N6O7. The summed E-state index contributed by atoms with van der Waals surface area (Å²) < 4.78 is 0. The van der Waals surface area contributed by atoms with Crippen LogP contribution in [-0.2, 0) is 30.4 Å². The number of aromatic amines is 1. The minimum Gasteiger partial charge on any atom is -0.481 e. The lowest BCUT2D eigenvalue weighted by Gasteiger charge is -2.24. The highest BCUT2D eigenvalue weighted by molar-refractivity contribution is 5.95. The van der Waals surface area contributed by atoms with E-state index >= 15 is 0 Å². The van der Waals surface area contributed by atoms with Gasteiger partial charge in [-0.2, -0.15) is 0 Å². The van der Waals surface area contributed by atoms with Crippen molar-refractivity contribution in [2.45, 2.75) is 50.2 Å². The van der Waals surface area contributed by atoms with Gasteiger partial charge >= 0.3 is 11.9 Å². The van der Waals surface area contributed by atoms with E-state index in [9.17, 15) is 29.1 Å². The number of hydrogen-bond donors (Lipinski definition) is 8. The Labute approximate surface area is 207 Å². The number of hydrogen-bond acceptors (Lipinski definition) is 7. The van der Waals surface area contributed by atoms with Crippen LogP contribution < -0.4 is 27.4 Å². The van der Waals surface area contributed by atoms with Gasteiger partial charge in [-0.15, -0.1) is 0 Å². The van der Waals surface area contributed by atoms with E-state index < -0.39 is 54.2 Å². The van der Waals surface area contributed by atoms with Crippen molar-refractivity contribution in [3.8, 4) is 0 Å². The molecular weight excluding hydrogens is 472 g/mol. The number of rotatable bonds is 15. The number of carbonyl (C=O) groups excluding carboxylic acids is 3. The van der Waals surface area contributed by atoms with E-state index in [2.05, 4.69) is 20.9 Å². The van der Waals surface area contributed by atoms with Crippen LogP contribution in [0, 0.1) is 0 Å². The number of para-hydroxylation sites is 1. The van der Waals surface area contributed by atoms with Crippen LogP contribution in [0.1, 0.15) is 31.2 Å². The summed E-state index contributed by atoms with van der Waals surface area (Å²) in [5.74, 6) is -5.05. The highest BCUT2D eigenvalue weighted by Crippen LogP contribution is 2.19. The Morgan fingerprint density at radius 2 is 1.56 bits per heavy atom. The van der Waals surface area contributed by atoms with Gasteiger partial charge in [-0.05, 0) is 37.4 Å². The maximum atomic E-state index is 13.1. The van der Waals surface area contributed by atoms with Gasteiger partial charge in [-0.3, -0.25) is 19.2 Å². The number of H-pyrrole nitrogens is 1. The van der Waals surface area contributed by atoms with Crippen molar-refractivity contribution < 1.29 is 34.2 Å². The second-order valence-electron chi connectivity index (χ2n) is 8.23. The van der Waals surface area contributed by atoms with Crippen molar-refractivity contribution >= 4 is 40.6 Å². The summed E-state index contributed by atoms with van der Waals surface area (Å²) in [5, 5.41) is 26.4. The molecule has 0 fully saturated rings. The number of unbranched alkanes of at least 4 members (excludes halogenated alkanes) is 1. The monoisotopic (exact) mass is 504 g/mol. The maximum absolute atomic E-state index is 13.1. The molecule has 3 amide bonds. The van der Waals surface area contributed by atoms with Crippen LogP contribution in [0.5, 0.6) is 0 Å². The molecule has 0 saturated carbocycles. The Morgan fingerprint density at radius 1 is 0.889 bits per heavy atom. The van der Waals surface area contributed by atoms with Gasteiger partial charge in [-0.25, -0.2) is 4.79 Å². The van der Waals surface area contributed by atoms with Crippen molar-refractivity contribution in [2.24, 2.45) is 11.5 Å². The van der Waals surface area contributed by atoms with E-state index in [1.54, 1.807) is 12.3 Å². The van der Waals surface area contributed by atoms with Gasteiger partial charge in [0.25, 0.3) is 0 Å². The topological polar surface area (TPSA) is 230 Å². The molecule has 0 saturated heterocycles. The van der Waals surface area contributed by atoms with Gasteiger partial charge in [0.05, 0.1) is 13.0 Å². The summed E-state index contributed by atoms with van der Waals surface area (Å²) in [7, 11) is 0. The molecule has 36 heavy (non-hydrogen) atoms. The second kappa shape index (κ2) is 13.8. The first-order valence-corrected chi connectivity index (χ1v) is 11.5. The summed E-state index contributed by atoms with van der Waals surface area (Å²) in [6.45, 7) is 0.0559. The van der Waals surface area contributed by atoms with Crippen LogP contribution in [-0.4, -0.2) is 76.1 Å². The predicted octanol–water partition coefficient (Wildman–Crippen LogP) is -1.19. The minimum atomic E-state index is -1.70. The molecule has 196 valence electrons. The van der Waals surface area contributed by atoms with Crippen LogP contribution in [0.2, 0.25) is 0 Å². The third-order valence-corrected chi connectivity index (χ3v) is 5.51. The molecule has 0 radical (unpaired) electrons. The number of nitrogens with one attached hydrogen (secondary N) is 4. The molecule has 0 bridgehead atoms. The molecule has 0 aliphatic heterocycles. The lowest BCUT2D eigenvalue weighted by Crippen LogP contribution is -2.57. The molecule has 0 spiro atoms. The second-order valence-corrected chi connectivity index (χ2v) is 8.23. The van der Waals surface area contributed by atoms with E-state index in [1.165, 1.54) is 0 Å². The van der Waals surface area contributed by atoms with E-state index in [0.717, 1.165) is 10.9 Å². The molecule has 2 rings (SSSR count).